The highest BCUT2D eigenvalue weighted by atomic mass is 16.3. The predicted octanol–water partition coefficient (Wildman–Crippen LogP) is 2.79. The molecule has 1 aliphatic heterocycles. The maximum absolute atomic E-state index is 5.62. The molecule has 0 fully saturated rings. The monoisotopic (exact) mass is 248 g/mol. The van der Waals surface area contributed by atoms with Gasteiger partial charge in [-0.15, -0.1) is 0 Å². The molecule has 100 valence electrons. The maximum Gasteiger partial charge on any atom is 0.118 e. The number of nitrogens with zero attached hydrogens (tertiary/aromatic N) is 1. The van der Waals surface area contributed by atoms with Gasteiger partial charge in [0.15, 0.2) is 0 Å². The minimum atomic E-state index is 0.691. The highest BCUT2D eigenvalue weighted by molar-refractivity contribution is 5.13. The molecule has 1 aromatic rings. The van der Waals surface area contributed by atoms with Gasteiger partial charge < -0.3 is 9.73 Å². The fraction of sp³-hybridized carbons (Fsp3) is 0.600. The topological polar surface area (TPSA) is 28.4 Å². The Labute approximate surface area is 110 Å². The Kier molecular flexibility index (Phi) is 5.02. The van der Waals surface area contributed by atoms with Crippen molar-refractivity contribution in [1.29, 1.82) is 0 Å². The Balaban J connectivity index is 1.76. The minimum Gasteiger partial charge on any atom is -0.468 e. The highest BCUT2D eigenvalue weighted by Gasteiger charge is 2.09. The van der Waals surface area contributed by atoms with Crippen LogP contribution in [0.25, 0.3) is 0 Å². The molecule has 0 bridgehead atoms. The van der Waals surface area contributed by atoms with E-state index in [0.717, 1.165) is 44.9 Å². The van der Waals surface area contributed by atoms with Crippen molar-refractivity contribution in [2.24, 2.45) is 5.92 Å². The van der Waals surface area contributed by atoms with E-state index in [9.17, 15) is 0 Å². The number of nitrogens with one attached hydrogen (secondary N) is 1. The predicted molar refractivity (Wildman–Crippen MR) is 74.3 cm³/mol. The molecule has 0 radical (unpaired) electrons. The van der Waals surface area contributed by atoms with Crippen molar-refractivity contribution in [3.05, 3.63) is 35.8 Å². The van der Waals surface area contributed by atoms with Gasteiger partial charge in [0.25, 0.3) is 0 Å². The van der Waals surface area contributed by atoms with E-state index in [-0.39, 0.29) is 0 Å². The largest absolute Gasteiger partial charge is 0.468 e. The second-order valence-electron chi connectivity index (χ2n) is 5.44. The zero-order valence-corrected chi connectivity index (χ0v) is 11.5. The van der Waals surface area contributed by atoms with Gasteiger partial charge >= 0.3 is 0 Å². The van der Waals surface area contributed by atoms with Gasteiger partial charge in [0.2, 0.25) is 0 Å². The summed E-state index contributed by atoms with van der Waals surface area (Å²) < 4.78 is 5.62. The van der Waals surface area contributed by atoms with Gasteiger partial charge in [0.1, 0.15) is 5.76 Å². The molecular formula is C15H24N2O. The Morgan fingerprint density at radius 2 is 2.28 bits per heavy atom. The summed E-state index contributed by atoms with van der Waals surface area (Å²) in [6.07, 6.45) is 7.52. The number of furan rings is 1. The maximum atomic E-state index is 5.62. The number of hydrogen-bond donors (Lipinski definition) is 1. The fourth-order valence-electron chi connectivity index (χ4n) is 2.16. The summed E-state index contributed by atoms with van der Waals surface area (Å²) in [6, 6.07) is 2.17. The lowest BCUT2D eigenvalue weighted by molar-refractivity contribution is 0.265. The molecule has 0 saturated carbocycles. The molecule has 1 aromatic heterocycles. The van der Waals surface area contributed by atoms with E-state index in [2.05, 4.69) is 42.3 Å². The van der Waals surface area contributed by atoms with Crippen LogP contribution in [0.5, 0.6) is 0 Å². The van der Waals surface area contributed by atoms with Gasteiger partial charge in [-0.1, -0.05) is 26.0 Å². The highest BCUT2D eigenvalue weighted by Crippen LogP contribution is 2.12. The molecule has 2 heterocycles. The van der Waals surface area contributed by atoms with E-state index < -0.39 is 0 Å². The molecule has 2 rings (SSSR count). The van der Waals surface area contributed by atoms with E-state index in [4.69, 9.17) is 4.42 Å². The van der Waals surface area contributed by atoms with Crippen LogP contribution in [0, 0.1) is 5.92 Å². The summed E-state index contributed by atoms with van der Waals surface area (Å²) in [7, 11) is 0. The van der Waals surface area contributed by atoms with Crippen LogP contribution in [0.15, 0.2) is 28.9 Å². The summed E-state index contributed by atoms with van der Waals surface area (Å²) >= 11 is 0. The SMILES string of the molecule is CC(C)CNCc1coc(CN2CC=CCC2)c1. The van der Waals surface area contributed by atoms with Crippen molar-refractivity contribution in [3.63, 3.8) is 0 Å². The van der Waals surface area contributed by atoms with Crippen LogP contribution in [0.1, 0.15) is 31.6 Å². The normalized spacial score (nSPS) is 16.6. The van der Waals surface area contributed by atoms with Crippen LogP contribution in [0.4, 0.5) is 0 Å². The van der Waals surface area contributed by atoms with Crippen molar-refractivity contribution in [2.45, 2.75) is 33.4 Å². The molecular weight excluding hydrogens is 224 g/mol. The second kappa shape index (κ2) is 6.76. The molecule has 0 atom stereocenters. The molecule has 0 aromatic carbocycles. The summed E-state index contributed by atoms with van der Waals surface area (Å²) in [5, 5.41) is 3.43. The molecule has 1 aliphatic rings. The Morgan fingerprint density at radius 1 is 1.39 bits per heavy atom. The van der Waals surface area contributed by atoms with Crippen molar-refractivity contribution in [3.8, 4) is 0 Å². The third kappa shape index (κ3) is 4.31. The van der Waals surface area contributed by atoms with Crippen LogP contribution in [-0.2, 0) is 13.1 Å². The second-order valence-corrected chi connectivity index (χ2v) is 5.44. The van der Waals surface area contributed by atoms with E-state index in [1.165, 1.54) is 5.56 Å². The molecule has 0 amide bonds. The van der Waals surface area contributed by atoms with Gasteiger partial charge in [-0.2, -0.15) is 0 Å². The number of rotatable bonds is 6. The first-order chi connectivity index (χ1) is 8.74. The van der Waals surface area contributed by atoms with E-state index in [1.54, 1.807) is 0 Å². The summed E-state index contributed by atoms with van der Waals surface area (Å²) in [6.45, 7) is 9.50. The van der Waals surface area contributed by atoms with Gasteiger partial charge in [-0.25, -0.2) is 0 Å². The molecule has 18 heavy (non-hydrogen) atoms. The van der Waals surface area contributed by atoms with Crippen molar-refractivity contribution < 1.29 is 4.42 Å². The average Bonchev–Trinajstić information content (AvgIpc) is 2.78. The van der Waals surface area contributed by atoms with Crippen LogP contribution in [-0.4, -0.2) is 24.5 Å². The lowest BCUT2D eigenvalue weighted by Gasteiger charge is -2.21. The van der Waals surface area contributed by atoms with Crippen LogP contribution in [0.2, 0.25) is 0 Å². The van der Waals surface area contributed by atoms with E-state index in [1.807, 2.05) is 6.26 Å². The lowest BCUT2D eigenvalue weighted by Crippen LogP contribution is -2.26. The standard InChI is InChI=1S/C15H24N2O/c1-13(2)9-16-10-14-8-15(18-12-14)11-17-6-4-3-5-7-17/h3-4,8,12-13,16H,5-7,9-11H2,1-2H3. The Morgan fingerprint density at radius 3 is 3.00 bits per heavy atom. The molecule has 3 heteroatoms. The molecule has 0 unspecified atom stereocenters. The molecule has 0 spiro atoms. The third-order valence-electron chi connectivity index (χ3n) is 3.11. The minimum absolute atomic E-state index is 0.691. The summed E-state index contributed by atoms with van der Waals surface area (Å²) in [5.74, 6) is 1.77. The van der Waals surface area contributed by atoms with Crippen LogP contribution < -0.4 is 5.32 Å². The lowest BCUT2D eigenvalue weighted by atomic mass is 10.2. The van der Waals surface area contributed by atoms with Gasteiger partial charge in [0, 0.05) is 25.2 Å². The van der Waals surface area contributed by atoms with Crippen LogP contribution in [0.3, 0.4) is 0 Å². The third-order valence-corrected chi connectivity index (χ3v) is 3.11. The van der Waals surface area contributed by atoms with Gasteiger partial charge in [0.05, 0.1) is 12.8 Å². The Bertz CT molecular complexity index is 382. The van der Waals surface area contributed by atoms with Gasteiger partial charge in [-0.3, -0.25) is 4.90 Å². The quantitative estimate of drug-likeness (QED) is 0.785. The average molecular weight is 248 g/mol. The van der Waals surface area contributed by atoms with Crippen molar-refractivity contribution in [2.75, 3.05) is 19.6 Å². The van der Waals surface area contributed by atoms with E-state index >= 15 is 0 Å². The molecule has 3 nitrogen and oxygen atoms in total. The van der Waals surface area contributed by atoms with Crippen molar-refractivity contribution >= 4 is 0 Å². The smallest absolute Gasteiger partial charge is 0.118 e. The van der Waals surface area contributed by atoms with Gasteiger partial charge in [-0.05, 0) is 24.9 Å². The zero-order valence-electron chi connectivity index (χ0n) is 11.5. The first-order valence-corrected chi connectivity index (χ1v) is 6.88. The molecule has 0 aliphatic carbocycles. The first kappa shape index (κ1) is 13.4. The van der Waals surface area contributed by atoms with E-state index in [0.29, 0.717) is 5.92 Å². The number of hydrogen-bond acceptors (Lipinski definition) is 3. The fourth-order valence-corrected chi connectivity index (χ4v) is 2.16. The zero-order chi connectivity index (χ0) is 12.8. The summed E-state index contributed by atoms with van der Waals surface area (Å²) in [5.41, 5.74) is 1.25. The molecule has 1 N–H and O–H groups in total. The van der Waals surface area contributed by atoms with Crippen LogP contribution >= 0.6 is 0 Å². The molecule has 0 saturated heterocycles. The Hall–Kier alpha value is -1.06. The first-order valence-electron chi connectivity index (χ1n) is 6.88. The summed E-state index contributed by atoms with van der Waals surface area (Å²) in [4.78, 5) is 2.41. The van der Waals surface area contributed by atoms with Crippen molar-refractivity contribution in [1.82, 2.24) is 10.2 Å².